The summed E-state index contributed by atoms with van der Waals surface area (Å²) in [6.07, 6.45) is 0. The Morgan fingerprint density at radius 2 is 1.58 bits per heavy atom. The number of amides is 2. The molecule has 0 heterocycles. The maximum atomic E-state index is 11.3. The van der Waals surface area contributed by atoms with E-state index >= 15 is 0 Å². The fourth-order valence-corrected chi connectivity index (χ4v) is 2.38. The molecule has 0 aliphatic carbocycles. The van der Waals surface area contributed by atoms with E-state index in [2.05, 4.69) is 5.32 Å². The van der Waals surface area contributed by atoms with Crippen molar-refractivity contribution in [2.24, 2.45) is 5.73 Å². The summed E-state index contributed by atoms with van der Waals surface area (Å²) in [6.45, 7) is 0. The lowest BCUT2D eigenvalue weighted by molar-refractivity contribution is -0.134. The molecule has 2 aromatic carbocycles. The van der Waals surface area contributed by atoms with Gasteiger partial charge in [0.15, 0.2) is 0 Å². The topological polar surface area (TPSA) is 72.2 Å². The van der Waals surface area contributed by atoms with Gasteiger partial charge in [-0.1, -0.05) is 42.1 Å². The first-order chi connectivity index (χ1) is 9.16. The van der Waals surface area contributed by atoms with E-state index in [9.17, 15) is 9.59 Å². The molecule has 5 heteroatoms. The summed E-state index contributed by atoms with van der Waals surface area (Å²) in [7, 11) is 0. The predicted octanol–water partition coefficient (Wildman–Crippen LogP) is 2.26. The summed E-state index contributed by atoms with van der Waals surface area (Å²) >= 11 is 1.50. The largest absolute Gasteiger partial charge is 0.361 e. The van der Waals surface area contributed by atoms with Crippen LogP contribution in [0.3, 0.4) is 0 Å². The third kappa shape index (κ3) is 3.59. The van der Waals surface area contributed by atoms with Crippen LogP contribution < -0.4 is 11.1 Å². The first kappa shape index (κ1) is 13.2. The molecule has 2 rings (SSSR count). The SMILES string of the molecule is NC(=O)C(=O)Nc1ccccc1Sc1ccccc1. The third-order valence-electron chi connectivity index (χ3n) is 2.33. The number of anilines is 1. The van der Waals surface area contributed by atoms with Gasteiger partial charge in [0.05, 0.1) is 5.69 Å². The van der Waals surface area contributed by atoms with E-state index in [1.165, 1.54) is 11.8 Å². The van der Waals surface area contributed by atoms with Crippen molar-refractivity contribution in [1.82, 2.24) is 0 Å². The van der Waals surface area contributed by atoms with Crippen LogP contribution in [0.25, 0.3) is 0 Å². The van der Waals surface area contributed by atoms with Crippen LogP contribution in [0.5, 0.6) is 0 Å². The van der Waals surface area contributed by atoms with Crippen molar-refractivity contribution in [2.75, 3.05) is 5.32 Å². The molecule has 2 amide bonds. The molecular weight excluding hydrogens is 260 g/mol. The van der Waals surface area contributed by atoms with Gasteiger partial charge in [0.2, 0.25) is 0 Å². The number of carbonyl (C=O) groups excluding carboxylic acids is 2. The van der Waals surface area contributed by atoms with Gasteiger partial charge in [-0.15, -0.1) is 0 Å². The van der Waals surface area contributed by atoms with Crippen LogP contribution in [0.15, 0.2) is 64.4 Å². The molecule has 4 nitrogen and oxygen atoms in total. The average molecular weight is 272 g/mol. The Labute approximate surface area is 115 Å². The minimum Gasteiger partial charge on any atom is -0.361 e. The van der Waals surface area contributed by atoms with E-state index < -0.39 is 11.8 Å². The molecular formula is C14H12N2O2S. The highest BCUT2D eigenvalue weighted by atomic mass is 32.2. The van der Waals surface area contributed by atoms with Crippen molar-refractivity contribution in [3.05, 3.63) is 54.6 Å². The number of primary amides is 1. The molecule has 0 radical (unpaired) electrons. The Balaban J connectivity index is 2.21. The van der Waals surface area contributed by atoms with Crippen molar-refractivity contribution >= 4 is 29.3 Å². The zero-order chi connectivity index (χ0) is 13.7. The van der Waals surface area contributed by atoms with E-state index in [1.807, 2.05) is 42.5 Å². The Hall–Kier alpha value is -2.27. The maximum absolute atomic E-state index is 11.3. The normalized spacial score (nSPS) is 9.89. The summed E-state index contributed by atoms with van der Waals surface area (Å²) in [5, 5.41) is 2.50. The van der Waals surface area contributed by atoms with Gasteiger partial charge in [-0.25, -0.2) is 0 Å². The van der Waals surface area contributed by atoms with Crippen LogP contribution in [0.1, 0.15) is 0 Å². The van der Waals surface area contributed by atoms with Crippen molar-refractivity contribution in [1.29, 1.82) is 0 Å². The molecule has 19 heavy (non-hydrogen) atoms. The second-order valence-corrected chi connectivity index (χ2v) is 4.85. The van der Waals surface area contributed by atoms with Crippen LogP contribution in [0.2, 0.25) is 0 Å². The highest BCUT2D eigenvalue weighted by Crippen LogP contribution is 2.32. The molecule has 0 saturated heterocycles. The fourth-order valence-electron chi connectivity index (χ4n) is 1.46. The smallest absolute Gasteiger partial charge is 0.313 e. The second kappa shape index (κ2) is 6.06. The number of benzene rings is 2. The summed E-state index contributed by atoms with van der Waals surface area (Å²) in [4.78, 5) is 24.0. The molecule has 0 atom stereocenters. The van der Waals surface area contributed by atoms with Crippen molar-refractivity contribution < 1.29 is 9.59 Å². The van der Waals surface area contributed by atoms with E-state index in [1.54, 1.807) is 12.1 Å². The summed E-state index contributed by atoms with van der Waals surface area (Å²) in [5.74, 6) is -1.82. The van der Waals surface area contributed by atoms with Gasteiger partial charge in [0.25, 0.3) is 0 Å². The molecule has 0 aromatic heterocycles. The quantitative estimate of drug-likeness (QED) is 0.842. The maximum Gasteiger partial charge on any atom is 0.313 e. The molecule has 0 aliphatic rings. The van der Waals surface area contributed by atoms with Crippen LogP contribution >= 0.6 is 11.8 Å². The average Bonchev–Trinajstić information content (AvgIpc) is 2.42. The fraction of sp³-hybridized carbons (Fsp3) is 0. The molecule has 0 aliphatic heterocycles. The lowest BCUT2D eigenvalue weighted by atomic mass is 10.3. The zero-order valence-corrected chi connectivity index (χ0v) is 10.8. The Morgan fingerprint density at radius 1 is 0.947 bits per heavy atom. The van der Waals surface area contributed by atoms with Gasteiger partial charge in [0, 0.05) is 9.79 Å². The Bertz CT molecular complexity index is 599. The molecule has 0 fully saturated rings. The highest BCUT2D eigenvalue weighted by Gasteiger charge is 2.11. The second-order valence-electron chi connectivity index (χ2n) is 3.73. The molecule has 0 unspecified atom stereocenters. The number of carbonyl (C=O) groups is 2. The Morgan fingerprint density at radius 3 is 2.26 bits per heavy atom. The minimum atomic E-state index is -1.00. The predicted molar refractivity (Wildman–Crippen MR) is 74.8 cm³/mol. The lowest BCUT2D eigenvalue weighted by Gasteiger charge is -2.09. The number of para-hydroxylation sites is 1. The monoisotopic (exact) mass is 272 g/mol. The van der Waals surface area contributed by atoms with Crippen molar-refractivity contribution in [3.63, 3.8) is 0 Å². The van der Waals surface area contributed by atoms with Crippen molar-refractivity contribution in [2.45, 2.75) is 9.79 Å². The summed E-state index contributed by atoms with van der Waals surface area (Å²) in [6, 6.07) is 17.0. The molecule has 0 spiro atoms. The number of rotatable bonds is 3. The highest BCUT2D eigenvalue weighted by molar-refractivity contribution is 7.99. The minimum absolute atomic E-state index is 0.570. The molecule has 3 N–H and O–H groups in total. The number of hydrogen-bond acceptors (Lipinski definition) is 3. The van der Waals surface area contributed by atoms with Gasteiger partial charge in [0.1, 0.15) is 0 Å². The van der Waals surface area contributed by atoms with Crippen LogP contribution in [0, 0.1) is 0 Å². The lowest BCUT2D eigenvalue weighted by Crippen LogP contribution is -2.29. The van der Waals surface area contributed by atoms with E-state index in [0.29, 0.717) is 5.69 Å². The van der Waals surface area contributed by atoms with Crippen LogP contribution in [-0.2, 0) is 9.59 Å². The van der Waals surface area contributed by atoms with E-state index in [-0.39, 0.29) is 0 Å². The molecule has 0 bridgehead atoms. The zero-order valence-electron chi connectivity index (χ0n) is 10.00. The first-order valence-electron chi connectivity index (χ1n) is 5.59. The van der Waals surface area contributed by atoms with Gasteiger partial charge >= 0.3 is 11.8 Å². The number of nitrogens with one attached hydrogen (secondary N) is 1. The molecule has 96 valence electrons. The van der Waals surface area contributed by atoms with Gasteiger partial charge in [-0.2, -0.15) is 0 Å². The summed E-state index contributed by atoms with van der Waals surface area (Å²) < 4.78 is 0. The van der Waals surface area contributed by atoms with Gasteiger partial charge in [-0.3, -0.25) is 9.59 Å². The number of hydrogen-bond donors (Lipinski definition) is 2. The van der Waals surface area contributed by atoms with Gasteiger partial charge < -0.3 is 11.1 Å². The standard InChI is InChI=1S/C14H12N2O2S/c15-13(17)14(18)16-11-8-4-5-9-12(11)19-10-6-2-1-3-7-10/h1-9H,(H2,15,17)(H,16,18). The summed E-state index contributed by atoms with van der Waals surface area (Å²) in [5.41, 5.74) is 5.50. The van der Waals surface area contributed by atoms with Crippen LogP contribution in [-0.4, -0.2) is 11.8 Å². The van der Waals surface area contributed by atoms with Crippen molar-refractivity contribution in [3.8, 4) is 0 Å². The molecule has 0 saturated carbocycles. The van der Waals surface area contributed by atoms with E-state index in [4.69, 9.17) is 5.73 Å². The Kier molecular flexibility index (Phi) is 4.20. The van der Waals surface area contributed by atoms with E-state index in [0.717, 1.165) is 9.79 Å². The third-order valence-corrected chi connectivity index (χ3v) is 3.41. The van der Waals surface area contributed by atoms with Crippen LogP contribution in [0.4, 0.5) is 5.69 Å². The first-order valence-corrected chi connectivity index (χ1v) is 6.41. The number of nitrogens with two attached hydrogens (primary N) is 1. The molecule has 2 aromatic rings. The van der Waals surface area contributed by atoms with Gasteiger partial charge in [-0.05, 0) is 24.3 Å².